The lowest BCUT2D eigenvalue weighted by Gasteiger charge is -2.18. The first-order chi connectivity index (χ1) is 17.6. The number of hydrogen-bond acceptors (Lipinski definition) is 3. The molecule has 0 atom stereocenters. The van der Waals surface area contributed by atoms with Gasteiger partial charge in [-0.1, -0.05) is 43.3 Å². The summed E-state index contributed by atoms with van der Waals surface area (Å²) in [7, 11) is 0. The van der Waals surface area contributed by atoms with E-state index in [4.69, 9.17) is 5.11 Å². The highest BCUT2D eigenvalue weighted by atomic mass is 19.4. The number of nitrogens with one attached hydrogen (secondary N) is 1. The van der Waals surface area contributed by atoms with Crippen LogP contribution in [0.1, 0.15) is 46.7 Å². The summed E-state index contributed by atoms with van der Waals surface area (Å²) in [5.74, 6) is -1.80. The normalized spacial score (nSPS) is 12.5. The SMILES string of the molecule is CCC(=C(c1ccc(C=CC(=O)O)cc1)c1ccc2[nH]nc(F)c2c1)c1ccc(C(F)(F)F)cc1C#N. The maximum atomic E-state index is 14.3. The number of aromatic amines is 1. The first-order valence-corrected chi connectivity index (χ1v) is 11.1. The summed E-state index contributed by atoms with van der Waals surface area (Å²) in [5, 5.41) is 25.0. The van der Waals surface area contributed by atoms with E-state index in [1.807, 2.05) is 13.0 Å². The van der Waals surface area contributed by atoms with Crippen LogP contribution in [0.5, 0.6) is 0 Å². The first-order valence-electron chi connectivity index (χ1n) is 11.1. The molecule has 0 amide bonds. The van der Waals surface area contributed by atoms with Gasteiger partial charge >= 0.3 is 12.1 Å². The molecule has 0 unspecified atom stereocenters. The van der Waals surface area contributed by atoms with Crippen molar-refractivity contribution >= 4 is 34.1 Å². The smallest absolute Gasteiger partial charge is 0.416 e. The van der Waals surface area contributed by atoms with Crippen molar-refractivity contribution in [1.82, 2.24) is 10.2 Å². The number of hydrogen-bond donors (Lipinski definition) is 2. The molecule has 37 heavy (non-hydrogen) atoms. The Bertz CT molecular complexity index is 1590. The predicted molar refractivity (Wildman–Crippen MR) is 132 cm³/mol. The van der Waals surface area contributed by atoms with Gasteiger partial charge in [0, 0.05) is 6.08 Å². The molecule has 0 saturated carbocycles. The van der Waals surface area contributed by atoms with Crippen LogP contribution in [0.4, 0.5) is 17.6 Å². The standard InChI is InChI=1S/C28H19F4N3O2/c1-2-21(22-10-9-20(28(30,31)32)13-19(22)15-33)26(17-6-3-16(4-7-17)5-12-25(36)37)18-8-11-24-23(14-18)27(29)35-34-24/h3-14H,2H2,1H3,(H,34,35)(H,36,37). The Morgan fingerprint density at radius 2 is 1.78 bits per heavy atom. The Kier molecular flexibility index (Phi) is 6.94. The van der Waals surface area contributed by atoms with Crippen LogP contribution in [-0.4, -0.2) is 21.3 Å². The summed E-state index contributed by atoms with van der Waals surface area (Å²) in [4.78, 5) is 10.8. The van der Waals surface area contributed by atoms with Crippen LogP contribution in [0.25, 0.3) is 28.1 Å². The second-order valence-electron chi connectivity index (χ2n) is 8.15. The van der Waals surface area contributed by atoms with Gasteiger partial charge in [0.1, 0.15) is 0 Å². The monoisotopic (exact) mass is 505 g/mol. The quantitative estimate of drug-likeness (QED) is 0.167. The number of nitrogens with zero attached hydrogens (tertiary/aromatic N) is 2. The van der Waals surface area contributed by atoms with E-state index >= 15 is 0 Å². The number of carboxylic acid groups (broad SMARTS) is 1. The van der Waals surface area contributed by atoms with E-state index in [1.165, 1.54) is 12.1 Å². The fraction of sp³-hybridized carbons (Fsp3) is 0.107. The van der Waals surface area contributed by atoms with Gasteiger partial charge in [-0.2, -0.15) is 22.8 Å². The Balaban J connectivity index is 1.99. The van der Waals surface area contributed by atoms with Crippen LogP contribution < -0.4 is 0 Å². The summed E-state index contributed by atoms with van der Waals surface area (Å²) < 4.78 is 54.2. The lowest BCUT2D eigenvalue weighted by atomic mass is 9.85. The molecule has 1 heterocycles. The van der Waals surface area contributed by atoms with Crippen LogP contribution in [0, 0.1) is 17.3 Å². The molecular formula is C28H19F4N3O2. The molecule has 4 rings (SSSR count). The van der Waals surface area contributed by atoms with Crippen molar-refractivity contribution < 1.29 is 27.5 Å². The van der Waals surface area contributed by atoms with E-state index in [9.17, 15) is 27.6 Å². The molecule has 0 fully saturated rings. The third-order valence-electron chi connectivity index (χ3n) is 5.87. The number of carboxylic acids is 1. The van der Waals surface area contributed by atoms with E-state index in [2.05, 4.69) is 10.2 Å². The van der Waals surface area contributed by atoms with E-state index in [-0.39, 0.29) is 10.9 Å². The van der Waals surface area contributed by atoms with Gasteiger partial charge in [-0.05, 0) is 70.2 Å². The molecule has 3 aromatic carbocycles. The average molecular weight is 505 g/mol. The third kappa shape index (κ3) is 5.28. The summed E-state index contributed by atoms with van der Waals surface area (Å²) in [6.45, 7) is 1.81. The van der Waals surface area contributed by atoms with Gasteiger partial charge < -0.3 is 5.11 Å². The van der Waals surface area contributed by atoms with Crippen LogP contribution in [0.2, 0.25) is 0 Å². The predicted octanol–water partition coefficient (Wildman–Crippen LogP) is 7.06. The van der Waals surface area contributed by atoms with E-state index in [0.29, 0.717) is 45.3 Å². The van der Waals surface area contributed by atoms with E-state index in [1.54, 1.807) is 42.5 Å². The lowest BCUT2D eigenvalue weighted by Crippen LogP contribution is -2.06. The molecule has 0 bridgehead atoms. The number of aliphatic carboxylic acids is 1. The number of aromatic nitrogens is 2. The van der Waals surface area contributed by atoms with Crippen LogP contribution >= 0.6 is 0 Å². The Morgan fingerprint density at radius 3 is 2.41 bits per heavy atom. The summed E-state index contributed by atoms with van der Waals surface area (Å²) in [6, 6.07) is 16.7. The highest BCUT2D eigenvalue weighted by Gasteiger charge is 2.31. The van der Waals surface area contributed by atoms with Gasteiger partial charge in [-0.25, -0.2) is 4.79 Å². The maximum absolute atomic E-state index is 14.3. The third-order valence-corrected chi connectivity index (χ3v) is 5.87. The molecule has 0 spiro atoms. The molecule has 0 aliphatic carbocycles. The van der Waals surface area contributed by atoms with Crippen molar-refractivity contribution in [3.63, 3.8) is 0 Å². The van der Waals surface area contributed by atoms with Crippen molar-refractivity contribution in [3.8, 4) is 6.07 Å². The zero-order chi connectivity index (χ0) is 26.7. The number of carbonyl (C=O) groups is 1. The average Bonchev–Trinajstić information content (AvgIpc) is 3.25. The number of fused-ring (bicyclic) bond motifs is 1. The van der Waals surface area contributed by atoms with Gasteiger partial charge in [-0.3, -0.25) is 5.10 Å². The van der Waals surface area contributed by atoms with Crippen molar-refractivity contribution in [3.05, 3.63) is 106 Å². The fourth-order valence-corrected chi connectivity index (χ4v) is 4.16. The van der Waals surface area contributed by atoms with Crippen LogP contribution in [-0.2, 0) is 11.0 Å². The van der Waals surface area contributed by atoms with Gasteiger partial charge in [-0.15, -0.1) is 5.10 Å². The molecule has 9 heteroatoms. The molecule has 0 radical (unpaired) electrons. The number of benzene rings is 3. The highest BCUT2D eigenvalue weighted by molar-refractivity contribution is 6.01. The summed E-state index contributed by atoms with van der Waals surface area (Å²) >= 11 is 0. The Labute approximate surface area is 209 Å². The zero-order valence-electron chi connectivity index (χ0n) is 19.4. The number of alkyl halides is 3. The van der Waals surface area contributed by atoms with Gasteiger partial charge in [0.25, 0.3) is 0 Å². The molecule has 4 aromatic rings. The molecule has 0 aliphatic rings. The largest absolute Gasteiger partial charge is 0.478 e. The minimum absolute atomic E-state index is 0.138. The number of H-pyrrole nitrogens is 1. The van der Waals surface area contributed by atoms with Crippen LogP contribution in [0.3, 0.4) is 0 Å². The lowest BCUT2D eigenvalue weighted by molar-refractivity contribution is -0.137. The topological polar surface area (TPSA) is 89.8 Å². The Hall–Kier alpha value is -4.71. The minimum Gasteiger partial charge on any atom is -0.478 e. The molecule has 0 aliphatic heterocycles. The molecular weight excluding hydrogens is 486 g/mol. The number of halogens is 4. The minimum atomic E-state index is -4.60. The van der Waals surface area contributed by atoms with Crippen molar-refractivity contribution in [2.45, 2.75) is 19.5 Å². The van der Waals surface area contributed by atoms with Crippen molar-refractivity contribution in [1.29, 1.82) is 5.26 Å². The number of nitriles is 1. The molecule has 5 nitrogen and oxygen atoms in total. The van der Waals surface area contributed by atoms with E-state index < -0.39 is 23.7 Å². The number of rotatable bonds is 6. The van der Waals surface area contributed by atoms with E-state index in [0.717, 1.165) is 18.2 Å². The first kappa shape index (κ1) is 25.4. The second kappa shape index (κ2) is 10.1. The number of allylic oxidation sites excluding steroid dienone is 1. The Morgan fingerprint density at radius 1 is 1.08 bits per heavy atom. The molecule has 186 valence electrons. The molecule has 2 N–H and O–H groups in total. The van der Waals surface area contributed by atoms with Crippen LogP contribution in [0.15, 0.2) is 66.7 Å². The molecule has 1 aromatic heterocycles. The van der Waals surface area contributed by atoms with Crippen molar-refractivity contribution in [2.75, 3.05) is 0 Å². The summed E-state index contributed by atoms with van der Waals surface area (Å²) in [6.07, 6.45) is -1.83. The summed E-state index contributed by atoms with van der Waals surface area (Å²) in [5.41, 5.74) is 2.75. The van der Waals surface area contributed by atoms with Gasteiger partial charge in [0.15, 0.2) is 0 Å². The second-order valence-corrected chi connectivity index (χ2v) is 8.15. The molecule has 0 saturated heterocycles. The zero-order valence-corrected chi connectivity index (χ0v) is 19.4. The van der Waals surface area contributed by atoms with Gasteiger partial charge in [0.05, 0.1) is 28.1 Å². The van der Waals surface area contributed by atoms with Gasteiger partial charge in [0.2, 0.25) is 5.95 Å². The van der Waals surface area contributed by atoms with Crippen molar-refractivity contribution in [2.24, 2.45) is 0 Å². The highest BCUT2D eigenvalue weighted by Crippen LogP contribution is 2.39. The fourth-order valence-electron chi connectivity index (χ4n) is 4.16. The maximum Gasteiger partial charge on any atom is 0.416 e.